The van der Waals surface area contributed by atoms with E-state index in [1.54, 1.807) is 0 Å². The lowest BCUT2D eigenvalue weighted by molar-refractivity contribution is 0.378. The summed E-state index contributed by atoms with van der Waals surface area (Å²) in [6, 6.07) is 0.0115. The second-order valence-electron chi connectivity index (χ2n) is 1.58. The summed E-state index contributed by atoms with van der Waals surface area (Å²) in [5, 5.41) is 3.05. The number of nitrogens with zero attached hydrogens (tertiary/aromatic N) is 6. The number of azide groups is 1. The fourth-order valence-electron chi connectivity index (χ4n) is 0.498. The second kappa shape index (κ2) is 3.70. The van der Waals surface area contributed by atoms with Crippen LogP contribution in [0.5, 0.6) is 6.01 Å². The predicted octanol–water partition coefficient (Wildman–Crippen LogP) is 1.48. The van der Waals surface area contributed by atoms with Gasteiger partial charge in [-0.3, -0.25) is 0 Å². The van der Waals surface area contributed by atoms with Crippen molar-refractivity contribution >= 4 is 17.5 Å². The molecule has 0 aliphatic carbocycles. The zero-order chi connectivity index (χ0) is 8.97. The Bertz CT molecular complexity index is 334. The molecule has 0 aliphatic heterocycles. The van der Waals surface area contributed by atoms with E-state index in [4.69, 9.17) is 17.1 Å². The molecule has 62 valence electrons. The van der Waals surface area contributed by atoms with E-state index in [9.17, 15) is 0 Å². The smallest absolute Gasteiger partial charge is 0.320 e. The molecule has 7 nitrogen and oxygen atoms in total. The molecule has 0 N–H and O–H groups in total. The molecule has 0 fully saturated rings. The molecule has 0 unspecified atom stereocenters. The molecule has 0 atom stereocenters. The Morgan fingerprint density at radius 2 is 2.25 bits per heavy atom. The van der Waals surface area contributed by atoms with Gasteiger partial charge < -0.3 is 4.74 Å². The lowest BCUT2D eigenvalue weighted by Crippen LogP contribution is -1.93. The highest BCUT2D eigenvalue weighted by atomic mass is 35.5. The summed E-state index contributed by atoms with van der Waals surface area (Å²) < 4.78 is 4.65. The minimum absolute atomic E-state index is 0.0115. The van der Waals surface area contributed by atoms with Gasteiger partial charge >= 0.3 is 6.01 Å². The van der Waals surface area contributed by atoms with Crippen LogP contribution < -0.4 is 4.74 Å². The molecule has 8 heteroatoms. The van der Waals surface area contributed by atoms with Crippen molar-refractivity contribution in [2.45, 2.75) is 0 Å². The van der Waals surface area contributed by atoms with Crippen LogP contribution in [-0.2, 0) is 0 Å². The van der Waals surface area contributed by atoms with Crippen molar-refractivity contribution in [1.82, 2.24) is 15.0 Å². The number of rotatable bonds is 2. The van der Waals surface area contributed by atoms with Crippen LogP contribution in [0.3, 0.4) is 0 Å². The van der Waals surface area contributed by atoms with Gasteiger partial charge in [0.25, 0.3) is 0 Å². The quantitative estimate of drug-likeness (QED) is 0.397. The Balaban J connectivity index is 3.14. The molecular formula is C4H3ClN6O. The number of ether oxygens (including phenoxy) is 1. The first-order valence-corrected chi connectivity index (χ1v) is 3.14. The summed E-state index contributed by atoms with van der Waals surface area (Å²) in [7, 11) is 1.37. The van der Waals surface area contributed by atoms with Crippen LogP contribution >= 0.6 is 11.6 Å². The van der Waals surface area contributed by atoms with Crippen LogP contribution in [0.15, 0.2) is 5.11 Å². The third-order valence-electron chi connectivity index (χ3n) is 0.893. The standard InChI is InChI=1S/C4H3ClN6O/c1-12-4-8-2(5)7-3(9-4)10-11-6/h1H3. The molecule has 12 heavy (non-hydrogen) atoms. The molecule has 0 aromatic carbocycles. The highest BCUT2D eigenvalue weighted by molar-refractivity contribution is 6.28. The van der Waals surface area contributed by atoms with Gasteiger partial charge in [-0.15, -0.1) is 0 Å². The summed E-state index contributed by atoms with van der Waals surface area (Å²) >= 11 is 5.44. The molecule has 0 amide bonds. The molecular weight excluding hydrogens is 184 g/mol. The zero-order valence-corrected chi connectivity index (χ0v) is 6.73. The molecule has 1 aromatic heterocycles. The van der Waals surface area contributed by atoms with Crippen LogP contribution in [0.25, 0.3) is 10.4 Å². The van der Waals surface area contributed by atoms with Crippen molar-refractivity contribution in [3.63, 3.8) is 0 Å². The van der Waals surface area contributed by atoms with Crippen LogP contribution in [0.4, 0.5) is 5.95 Å². The van der Waals surface area contributed by atoms with Gasteiger partial charge in [0.15, 0.2) is 0 Å². The van der Waals surface area contributed by atoms with E-state index in [1.165, 1.54) is 7.11 Å². The molecule has 0 saturated heterocycles. The van der Waals surface area contributed by atoms with Gasteiger partial charge in [-0.1, -0.05) is 0 Å². The van der Waals surface area contributed by atoms with Crippen LogP contribution in [-0.4, -0.2) is 22.1 Å². The van der Waals surface area contributed by atoms with Crippen molar-refractivity contribution in [1.29, 1.82) is 0 Å². The van der Waals surface area contributed by atoms with Crippen molar-refractivity contribution in [2.24, 2.45) is 5.11 Å². The van der Waals surface area contributed by atoms with E-state index in [0.29, 0.717) is 0 Å². The van der Waals surface area contributed by atoms with Crippen molar-refractivity contribution in [3.05, 3.63) is 15.7 Å². The maximum absolute atomic E-state index is 8.05. The number of halogens is 1. The lowest BCUT2D eigenvalue weighted by Gasteiger charge is -1.96. The summed E-state index contributed by atoms with van der Waals surface area (Å²) in [6.07, 6.45) is 0. The van der Waals surface area contributed by atoms with Crippen LogP contribution in [0, 0.1) is 0 Å². The Labute approximate surface area is 72.0 Å². The van der Waals surface area contributed by atoms with E-state index >= 15 is 0 Å². The normalized spacial score (nSPS) is 8.83. The van der Waals surface area contributed by atoms with Crippen LogP contribution in [0.2, 0.25) is 5.28 Å². The molecule has 0 aliphatic rings. The van der Waals surface area contributed by atoms with Gasteiger partial charge in [0, 0.05) is 4.91 Å². The Hall–Kier alpha value is -1.59. The molecule has 0 radical (unpaired) electrons. The van der Waals surface area contributed by atoms with Gasteiger partial charge in [0.1, 0.15) is 0 Å². The molecule has 0 spiro atoms. The molecule has 1 heterocycles. The highest BCUT2D eigenvalue weighted by Gasteiger charge is 2.01. The largest absolute Gasteiger partial charge is 0.467 e. The minimum Gasteiger partial charge on any atom is -0.467 e. The van der Waals surface area contributed by atoms with Crippen molar-refractivity contribution in [3.8, 4) is 6.01 Å². The van der Waals surface area contributed by atoms with Gasteiger partial charge in [-0.25, -0.2) is 0 Å². The van der Waals surface area contributed by atoms with E-state index in [1.807, 2.05) is 0 Å². The molecule has 0 bridgehead atoms. The van der Waals surface area contributed by atoms with Gasteiger partial charge in [0.2, 0.25) is 11.2 Å². The fraction of sp³-hybridized carbons (Fsp3) is 0.250. The third kappa shape index (κ3) is 1.94. The van der Waals surface area contributed by atoms with E-state index in [2.05, 4.69) is 29.7 Å². The van der Waals surface area contributed by atoms with E-state index in [0.717, 1.165) is 0 Å². The number of hydrogen-bond acceptors (Lipinski definition) is 5. The topological polar surface area (TPSA) is 96.7 Å². The Morgan fingerprint density at radius 3 is 2.83 bits per heavy atom. The summed E-state index contributed by atoms with van der Waals surface area (Å²) in [5.74, 6) is -0.116. The maximum Gasteiger partial charge on any atom is 0.320 e. The summed E-state index contributed by atoms with van der Waals surface area (Å²) in [6.45, 7) is 0. The monoisotopic (exact) mass is 186 g/mol. The predicted molar refractivity (Wildman–Crippen MR) is 40.2 cm³/mol. The van der Waals surface area contributed by atoms with Gasteiger partial charge in [-0.2, -0.15) is 15.0 Å². The number of methoxy groups -OCH3 is 1. The average molecular weight is 187 g/mol. The van der Waals surface area contributed by atoms with Crippen molar-refractivity contribution < 1.29 is 4.74 Å². The SMILES string of the molecule is COc1nc(Cl)nc(N=[N+]=[N-])n1. The number of aromatic nitrogens is 3. The maximum atomic E-state index is 8.05. The third-order valence-corrected chi connectivity index (χ3v) is 1.06. The van der Waals surface area contributed by atoms with E-state index in [-0.39, 0.29) is 17.2 Å². The molecule has 1 aromatic rings. The van der Waals surface area contributed by atoms with Gasteiger partial charge in [0.05, 0.1) is 7.11 Å². The lowest BCUT2D eigenvalue weighted by atomic mass is 10.9. The fourth-order valence-corrected chi connectivity index (χ4v) is 0.646. The first-order valence-electron chi connectivity index (χ1n) is 2.77. The van der Waals surface area contributed by atoms with E-state index < -0.39 is 0 Å². The minimum atomic E-state index is -0.116. The highest BCUT2D eigenvalue weighted by Crippen LogP contribution is 2.12. The zero-order valence-electron chi connectivity index (χ0n) is 5.97. The van der Waals surface area contributed by atoms with Gasteiger partial charge in [-0.05, 0) is 22.2 Å². The Kier molecular flexibility index (Phi) is 2.62. The molecule has 0 saturated carbocycles. The van der Waals surface area contributed by atoms with Crippen molar-refractivity contribution in [2.75, 3.05) is 7.11 Å². The second-order valence-corrected chi connectivity index (χ2v) is 1.92. The summed E-state index contributed by atoms with van der Waals surface area (Å²) in [4.78, 5) is 13.2. The number of hydrogen-bond donors (Lipinski definition) is 0. The summed E-state index contributed by atoms with van der Waals surface area (Å²) in [5.41, 5.74) is 8.05. The Morgan fingerprint density at radius 1 is 1.50 bits per heavy atom. The average Bonchev–Trinajstić information content (AvgIpc) is 2.04. The molecule has 1 rings (SSSR count). The first kappa shape index (κ1) is 8.51. The first-order chi connectivity index (χ1) is 5.76. The van der Waals surface area contributed by atoms with Crippen LogP contribution in [0.1, 0.15) is 0 Å².